The predicted octanol–water partition coefficient (Wildman–Crippen LogP) is 6.06. The highest BCUT2D eigenvalue weighted by Crippen LogP contribution is 2.32. The molecule has 1 N–H and O–H groups in total. The Kier molecular flexibility index (Phi) is 4.94. The third kappa shape index (κ3) is 3.54. The van der Waals surface area contributed by atoms with Crippen molar-refractivity contribution >= 4 is 45.9 Å². The summed E-state index contributed by atoms with van der Waals surface area (Å²) in [7, 11) is 1.51. The minimum Gasteiger partial charge on any atom is -0.496 e. The second-order valence-corrected chi connectivity index (χ2v) is 6.82. The van der Waals surface area contributed by atoms with Crippen LogP contribution in [0, 0.1) is 0 Å². The molecular weight excluding hydrogens is 399 g/mol. The number of carbonyl (C=O) groups excluding carboxylic acids is 1. The number of nitrogens with one attached hydrogen (secondary N) is 1. The average molecular weight is 413 g/mol. The highest BCUT2D eigenvalue weighted by Gasteiger charge is 2.15. The molecule has 28 heavy (non-hydrogen) atoms. The van der Waals surface area contributed by atoms with Crippen molar-refractivity contribution in [1.29, 1.82) is 0 Å². The molecule has 1 heterocycles. The summed E-state index contributed by atoms with van der Waals surface area (Å²) in [4.78, 5) is 17.1. The lowest BCUT2D eigenvalue weighted by Gasteiger charge is -2.11. The van der Waals surface area contributed by atoms with Gasteiger partial charge in [0.05, 0.1) is 23.4 Å². The minimum absolute atomic E-state index is 0.333. The number of benzene rings is 3. The number of carbonyl (C=O) groups is 1. The number of para-hydroxylation sites is 1. The smallest absolute Gasteiger partial charge is 0.259 e. The maximum atomic E-state index is 12.7. The van der Waals surface area contributed by atoms with Crippen molar-refractivity contribution in [3.8, 4) is 17.2 Å². The largest absolute Gasteiger partial charge is 0.496 e. The quantitative estimate of drug-likeness (QED) is 0.442. The lowest BCUT2D eigenvalue weighted by atomic mass is 10.1. The van der Waals surface area contributed by atoms with E-state index >= 15 is 0 Å². The number of hydrogen-bond acceptors (Lipinski definition) is 4. The Labute approximate surface area is 170 Å². The van der Waals surface area contributed by atoms with Gasteiger partial charge in [-0.25, -0.2) is 4.98 Å². The van der Waals surface area contributed by atoms with Crippen LogP contribution in [-0.4, -0.2) is 18.0 Å². The van der Waals surface area contributed by atoms with Gasteiger partial charge in [0.15, 0.2) is 5.58 Å². The van der Waals surface area contributed by atoms with E-state index in [4.69, 9.17) is 32.4 Å². The third-order valence-corrected chi connectivity index (χ3v) is 4.73. The fourth-order valence-corrected chi connectivity index (χ4v) is 3.13. The summed E-state index contributed by atoms with van der Waals surface area (Å²) in [6, 6.07) is 17.3. The second kappa shape index (κ2) is 7.54. The monoisotopic (exact) mass is 412 g/mol. The zero-order valence-electron chi connectivity index (χ0n) is 14.7. The van der Waals surface area contributed by atoms with Gasteiger partial charge in [0, 0.05) is 10.6 Å². The van der Waals surface area contributed by atoms with Gasteiger partial charge in [-0.2, -0.15) is 0 Å². The molecule has 0 saturated heterocycles. The van der Waals surface area contributed by atoms with Crippen molar-refractivity contribution in [2.75, 3.05) is 12.4 Å². The van der Waals surface area contributed by atoms with Crippen LogP contribution >= 0.6 is 23.2 Å². The van der Waals surface area contributed by atoms with Crippen molar-refractivity contribution < 1.29 is 13.9 Å². The number of aromatic nitrogens is 1. The maximum Gasteiger partial charge on any atom is 0.259 e. The molecule has 0 fully saturated rings. The molecular formula is C21H14Cl2N2O3. The summed E-state index contributed by atoms with van der Waals surface area (Å²) in [5.41, 5.74) is 2.79. The predicted molar refractivity (Wildman–Crippen MR) is 110 cm³/mol. The molecule has 1 aromatic heterocycles. The number of rotatable bonds is 4. The molecule has 0 aliphatic heterocycles. The molecule has 1 amide bonds. The number of halogens is 2. The molecule has 0 aliphatic rings. The second-order valence-electron chi connectivity index (χ2n) is 5.98. The first-order chi connectivity index (χ1) is 13.5. The Morgan fingerprint density at radius 1 is 1.07 bits per heavy atom. The molecule has 0 unspecified atom stereocenters. The van der Waals surface area contributed by atoms with Crippen molar-refractivity contribution in [1.82, 2.24) is 4.98 Å². The lowest BCUT2D eigenvalue weighted by Crippen LogP contribution is -2.13. The number of methoxy groups -OCH3 is 1. The van der Waals surface area contributed by atoms with Crippen LogP contribution in [-0.2, 0) is 0 Å². The Hall–Kier alpha value is -3.02. The number of fused-ring (bicyclic) bond motifs is 1. The summed E-state index contributed by atoms with van der Waals surface area (Å²) >= 11 is 12.3. The molecule has 7 heteroatoms. The first-order valence-electron chi connectivity index (χ1n) is 8.35. The van der Waals surface area contributed by atoms with Crippen molar-refractivity contribution in [3.63, 3.8) is 0 Å². The summed E-state index contributed by atoms with van der Waals surface area (Å²) < 4.78 is 11.0. The molecule has 4 aromatic rings. The van der Waals surface area contributed by atoms with E-state index in [0.29, 0.717) is 49.6 Å². The van der Waals surface area contributed by atoms with E-state index in [2.05, 4.69) is 10.3 Å². The van der Waals surface area contributed by atoms with E-state index in [1.165, 1.54) is 7.11 Å². The van der Waals surface area contributed by atoms with Crippen LogP contribution in [0.4, 0.5) is 5.69 Å². The number of hydrogen-bond donors (Lipinski definition) is 1. The van der Waals surface area contributed by atoms with E-state index in [9.17, 15) is 4.79 Å². The average Bonchev–Trinajstić information content (AvgIpc) is 3.12. The Balaban J connectivity index is 1.67. The van der Waals surface area contributed by atoms with Gasteiger partial charge >= 0.3 is 0 Å². The standard InChI is InChI=1S/C21H14Cl2N2O3/c1-27-18-5-3-2-4-14(18)20(26)24-16-10-12(6-8-15(16)23)21-25-17-11-13(22)7-9-19(17)28-21/h2-11H,1H3,(H,24,26). The normalized spacial score (nSPS) is 10.8. The minimum atomic E-state index is -0.333. The summed E-state index contributed by atoms with van der Waals surface area (Å²) in [5, 5.41) is 3.78. The summed E-state index contributed by atoms with van der Waals surface area (Å²) in [5.74, 6) is 0.547. The van der Waals surface area contributed by atoms with Gasteiger partial charge < -0.3 is 14.5 Å². The molecule has 5 nitrogen and oxygen atoms in total. The lowest BCUT2D eigenvalue weighted by molar-refractivity contribution is 0.102. The van der Waals surface area contributed by atoms with Gasteiger partial charge in [0.25, 0.3) is 5.91 Å². The molecule has 0 bridgehead atoms. The fourth-order valence-electron chi connectivity index (χ4n) is 2.80. The molecule has 0 aliphatic carbocycles. The molecule has 4 rings (SSSR count). The first-order valence-corrected chi connectivity index (χ1v) is 9.11. The Morgan fingerprint density at radius 2 is 1.89 bits per heavy atom. The molecule has 0 atom stereocenters. The fraction of sp³-hybridized carbons (Fsp3) is 0.0476. The van der Waals surface area contributed by atoms with Gasteiger partial charge in [-0.3, -0.25) is 4.79 Å². The van der Waals surface area contributed by atoms with Crippen molar-refractivity contribution in [2.45, 2.75) is 0 Å². The number of nitrogens with zero attached hydrogens (tertiary/aromatic N) is 1. The highest BCUT2D eigenvalue weighted by atomic mass is 35.5. The van der Waals surface area contributed by atoms with Gasteiger partial charge in [0.1, 0.15) is 11.3 Å². The Morgan fingerprint density at radius 3 is 2.71 bits per heavy atom. The number of anilines is 1. The van der Waals surface area contributed by atoms with Gasteiger partial charge in [-0.05, 0) is 48.5 Å². The van der Waals surface area contributed by atoms with Crippen LogP contribution in [0.1, 0.15) is 10.4 Å². The van der Waals surface area contributed by atoms with Crippen LogP contribution in [0.3, 0.4) is 0 Å². The van der Waals surface area contributed by atoms with E-state index in [0.717, 1.165) is 0 Å². The van der Waals surface area contributed by atoms with Crippen LogP contribution < -0.4 is 10.1 Å². The molecule has 0 radical (unpaired) electrons. The topological polar surface area (TPSA) is 64.4 Å². The van der Waals surface area contributed by atoms with Crippen LogP contribution in [0.2, 0.25) is 10.0 Å². The highest BCUT2D eigenvalue weighted by molar-refractivity contribution is 6.34. The first kappa shape index (κ1) is 18.3. The van der Waals surface area contributed by atoms with E-state index in [1.807, 2.05) is 0 Å². The van der Waals surface area contributed by atoms with Crippen LogP contribution in [0.5, 0.6) is 5.75 Å². The van der Waals surface area contributed by atoms with Gasteiger partial charge in [-0.15, -0.1) is 0 Å². The van der Waals surface area contributed by atoms with Crippen LogP contribution in [0.15, 0.2) is 65.1 Å². The summed E-state index contributed by atoms with van der Waals surface area (Å²) in [6.07, 6.45) is 0. The number of oxazole rings is 1. The molecule has 3 aromatic carbocycles. The zero-order valence-corrected chi connectivity index (χ0v) is 16.2. The SMILES string of the molecule is COc1ccccc1C(=O)Nc1cc(-c2nc3cc(Cl)ccc3o2)ccc1Cl. The number of amides is 1. The molecule has 0 spiro atoms. The van der Waals surface area contributed by atoms with Crippen molar-refractivity contribution in [3.05, 3.63) is 76.3 Å². The molecule has 140 valence electrons. The summed E-state index contributed by atoms with van der Waals surface area (Å²) in [6.45, 7) is 0. The van der Waals surface area contributed by atoms with Crippen molar-refractivity contribution in [2.24, 2.45) is 0 Å². The molecule has 0 saturated carbocycles. The maximum absolute atomic E-state index is 12.7. The Bertz CT molecular complexity index is 1190. The van der Waals surface area contributed by atoms with Gasteiger partial charge in [0.2, 0.25) is 5.89 Å². The van der Waals surface area contributed by atoms with E-state index < -0.39 is 0 Å². The van der Waals surface area contributed by atoms with E-state index in [1.54, 1.807) is 60.7 Å². The van der Waals surface area contributed by atoms with Crippen LogP contribution in [0.25, 0.3) is 22.6 Å². The van der Waals surface area contributed by atoms with Gasteiger partial charge in [-0.1, -0.05) is 35.3 Å². The van der Waals surface area contributed by atoms with E-state index in [-0.39, 0.29) is 5.91 Å². The zero-order chi connectivity index (χ0) is 19.7. The third-order valence-electron chi connectivity index (χ3n) is 4.16. The number of ether oxygens (including phenoxy) is 1.